The molecule has 1 aromatic heterocycles. The summed E-state index contributed by atoms with van der Waals surface area (Å²) in [5, 5.41) is 9.34. The maximum Gasteiger partial charge on any atom is 0.308 e. The zero-order chi connectivity index (χ0) is 12.6. The van der Waals surface area contributed by atoms with Crippen LogP contribution >= 0.6 is 0 Å². The molecular formula is C13H13NO3. The van der Waals surface area contributed by atoms with Crippen LogP contribution in [0.4, 0.5) is 0 Å². The first kappa shape index (κ1) is 11.4. The fourth-order valence-electron chi connectivity index (χ4n) is 1.93. The highest BCUT2D eigenvalue weighted by atomic mass is 16.4. The van der Waals surface area contributed by atoms with Crippen molar-refractivity contribution in [2.24, 2.45) is 0 Å². The summed E-state index contributed by atoms with van der Waals surface area (Å²) in [6, 6.07) is 5.52. The maximum atomic E-state index is 12.2. The lowest BCUT2D eigenvalue weighted by Gasteiger charge is -2.06. The van der Waals surface area contributed by atoms with Gasteiger partial charge in [-0.1, -0.05) is 11.6 Å². The molecule has 0 spiro atoms. The number of aryl methyl sites for hydroxylation is 2. The molecule has 2 rings (SSSR count). The fourth-order valence-corrected chi connectivity index (χ4v) is 1.93. The number of aromatic amines is 1. The molecule has 0 fully saturated rings. The highest BCUT2D eigenvalue weighted by molar-refractivity contribution is 5.81. The standard InChI is InChI=1S/C13H13NO3/c1-7-3-4-11-10(5-7)13(17)9(6-12(15)16)8(2)14-11/h3-5H,6H2,1-2H3,(H,14,17)(H,15,16). The van der Waals surface area contributed by atoms with Gasteiger partial charge in [-0.2, -0.15) is 0 Å². The number of aliphatic carboxylic acids is 1. The van der Waals surface area contributed by atoms with E-state index in [9.17, 15) is 9.59 Å². The van der Waals surface area contributed by atoms with E-state index in [-0.39, 0.29) is 11.8 Å². The summed E-state index contributed by atoms with van der Waals surface area (Å²) in [4.78, 5) is 25.9. The topological polar surface area (TPSA) is 70.2 Å². The lowest BCUT2D eigenvalue weighted by Crippen LogP contribution is -2.17. The second kappa shape index (κ2) is 4.05. The van der Waals surface area contributed by atoms with Gasteiger partial charge in [-0.15, -0.1) is 0 Å². The molecule has 1 aromatic carbocycles. The summed E-state index contributed by atoms with van der Waals surface area (Å²) >= 11 is 0. The van der Waals surface area contributed by atoms with Crippen molar-refractivity contribution in [3.05, 3.63) is 45.2 Å². The lowest BCUT2D eigenvalue weighted by atomic mass is 10.0. The number of pyridine rings is 1. The van der Waals surface area contributed by atoms with E-state index in [1.165, 1.54) is 0 Å². The Bertz CT molecular complexity index is 655. The Morgan fingerprint density at radius 3 is 2.71 bits per heavy atom. The van der Waals surface area contributed by atoms with Crippen molar-refractivity contribution >= 4 is 16.9 Å². The van der Waals surface area contributed by atoms with Crippen LogP contribution in [-0.2, 0) is 11.2 Å². The highest BCUT2D eigenvalue weighted by Crippen LogP contribution is 2.13. The van der Waals surface area contributed by atoms with Gasteiger partial charge in [-0.25, -0.2) is 0 Å². The number of hydrogen-bond acceptors (Lipinski definition) is 2. The number of rotatable bonds is 2. The number of carbonyl (C=O) groups is 1. The Morgan fingerprint density at radius 2 is 2.06 bits per heavy atom. The van der Waals surface area contributed by atoms with Crippen molar-refractivity contribution in [2.75, 3.05) is 0 Å². The number of nitrogens with one attached hydrogen (secondary N) is 1. The van der Waals surface area contributed by atoms with E-state index in [1.807, 2.05) is 19.1 Å². The van der Waals surface area contributed by atoms with Crippen LogP contribution in [0.3, 0.4) is 0 Å². The molecule has 17 heavy (non-hydrogen) atoms. The highest BCUT2D eigenvalue weighted by Gasteiger charge is 2.12. The zero-order valence-electron chi connectivity index (χ0n) is 9.70. The van der Waals surface area contributed by atoms with Gasteiger partial charge in [0.15, 0.2) is 5.43 Å². The quantitative estimate of drug-likeness (QED) is 0.827. The number of fused-ring (bicyclic) bond motifs is 1. The van der Waals surface area contributed by atoms with Gasteiger partial charge in [0.1, 0.15) is 0 Å². The minimum Gasteiger partial charge on any atom is -0.481 e. The Hall–Kier alpha value is -2.10. The second-order valence-corrected chi connectivity index (χ2v) is 4.18. The SMILES string of the molecule is Cc1ccc2[nH]c(C)c(CC(=O)O)c(=O)c2c1. The predicted molar refractivity (Wildman–Crippen MR) is 65.4 cm³/mol. The van der Waals surface area contributed by atoms with Crippen LogP contribution in [0.15, 0.2) is 23.0 Å². The van der Waals surface area contributed by atoms with Gasteiger partial charge in [0.05, 0.1) is 6.42 Å². The molecule has 0 radical (unpaired) electrons. The average molecular weight is 231 g/mol. The Labute approximate surface area is 97.9 Å². The van der Waals surface area contributed by atoms with Crippen molar-refractivity contribution < 1.29 is 9.90 Å². The van der Waals surface area contributed by atoms with Crippen LogP contribution in [0.2, 0.25) is 0 Å². The van der Waals surface area contributed by atoms with E-state index >= 15 is 0 Å². The van der Waals surface area contributed by atoms with Crippen molar-refractivity contribution in [1.82, 2.24) is 4.98 Å². The summed E-state index contributed by atoms with van der Waals surface area (Å²) < 4.78 is 0. The van der Waals surface area contributed by atoms with Crippen LogP contribution in [0.5, 0.6) is 0 Å². The largest absolute Gasteiger partial charge is 0.481 e. The van der Waals surface area contributed by atoms with Crippen molar-refractivity contribution in [1.29, 1.82) is 0 Å². The molecule has 0 aliphatic heterocycles. The molecule has 4 heteroatoms. The number of H-pyrrole nitrogens is 1. The van der Waals surface area contributed by atoms with Gasteiger partial charge in [0, 0.05) is 22.2 Å². The van der Waals surface area contributed by atoms with Crippen LogP contribution in [0.25, 0.3) is 10.9 Å². The van der Waals surface area contributed by atoms with Crippen molar-refractivity contribution in [3.63, 3.8) is 0 Å². The molecule has 88 valence electrons. The molecule has 2 N–H and O–H groups in total. The molecule has 0 saturated heterocycles. The van der Waals surface area contributed by atoms with E-state index in [1.54, 1.807) is 13.0 Å². The minimum atomic E-state index is -0.995. The van der Waals surface area contributed by atoms with Crippen molar-refractivity contribution in [3.8, 4) is 0 Å². The molecule has 0 atom stereocenters. The number of benzene rings is 1. The Kier molecular flexibility index (Phi) is 2.71. The molecule has 1 heterocycles. The number of aromatic nitrogens is 1. The van der Waals surface area contributed by atoms with Crippen LogP contribution in [0.1, 0.15) is 16.8 Å². The fraction of sp³-hybridized carbons (Fsp3) is 0.231. The summed E-state index contributed by atoms with van der Waals surface area (Å²) in [5.74, 6) is -0.995. The zero-order valence-corrected chi connectivity index (χ0v) is 9.70. The summed E-state index contributed by atoms with van der Waals surface area (Å²) in [7, 11) is 0. The molecule has 4 nitrogen and oxygen atoms in total. The number of carboxylic acid groups (broad SMARTS) is 1. The van der Waals surface area contributed by atoms with Crippen LogP contribution in [0, 0.1) is 13.8 Å². The molecule has 0 bridgehead atoms. The first-order valence-electron chi connectivity index (χ1n) is 5.33. The molecular weight excluding hydrogens is 218 g/mol. The minimum absolute atomic E-state index is 0.192. The third kappa shape index (κ3) is 2.06. The van der Waals surface area contributed by atoms with Gasteiger partial charge >= 0.3 is 5.97 Å². The van der Waals surface area contributed by atoms with Gasteiger partial charge in [0.25, 0.3) is 0 Å². The monoisotopic (exact) mass is 231 g/mol. The summed E-state index contributed by atoms with van der Waals surface area (Å²) in [6.45, 7) is 3.62. The Balaban J connectivity index is 2.78. The third-order valence-corrected chi connectivity index (χ3v) is 2.80. The van der Waals surface area contributed by atoms with E-state index < -0.39 is 5.97 Å². The van der Waals surface area contributed by atoms with Gasteiger partial charge in [-0.3, -0.25) is 9.59 Å². The smallest absolute Gasteiger partial charge is 0.308 e. The molecule has 0 aliphatic rings. The van der Waals surface area contributed by atoms with Gasteiger partial charge < -0.3 is 10.1 Å². The number of hydrogen-bond donors (Lipinski definition) is 2. The predicted octanol–water partition coefficient (Wildman–Crippen LogP) is 1.77. The normalized spacial score (nSPS) is 10.7. The molecule has 0 unspecified atom stereocenters. The number of carboxylic acids is 1. The van der Waals surface area contributed by atoms with E-state index in [2.05, 4.69) is 4.98 Å². The van der Waals surface area contributed by atoms with Crippen molar-refractivity contribution in [2.45, 2.75) is 20.3 Å². The van der Waals surface area contributed by atoms with E-state index in [4.69, 9.17) is 5.11 Å². The molecule has 2 aromatic rings. The van der Waals surface area contributed by atoms with Crippen LogP contribution in [-0.4, -0.2) is 16.1 Å². The first-order valence-corrected chi connectivity index (χ1v) is 5.33. The summed E-state index contributed by atoms with van der Waals surface area (Å²) in [6.07, 6.45) is -0.245. The maximum absolute atomic E-state index is 12.2. The Morgan fingerprint density at radius 1 is 1.35 bits per heavy atom. The molecule has 0 aliphatic carbocycles. The van der Waals surface area contributed by atoms with Crippen LogP contribution < -0.4 is 5.43 Å². The van der Waals surface area contributed by atoms with Gasteiger partial charge in [-0.05, 0) is 26.0 Å². The molecule has 0 saturated carbocycles. The van der Waals surface area contributed by atoms with E-state index in [0.29, 0.717) is 16.6 Å². The lowest BCUT2D eigenvalue weighted by molar-refractivity contribution is -0.136. The summed E-state index contributed by atoms with van der Waals surface area (Å²) in [5.41, 5.74) is 2.48. The van der Waals surface area contributed by atoms with E-state index in [0.717, 1.165) is 11.1 Å². The first-order chi connectivity index (χ1) is 7.99. The van der Waals surface area contributed by atoms with Gasteiger partial charge in [0.2, 0.25) is 0 Å². The second-order valence-electron chi connectivity index (χ2n) is 4.18. The molecule has 0 amide bonds. The third-order valence-electron chi connectivity index (χ3n) is 2.80. The average Bonchev–Trinajstić information content (AvgIpc) is 2.25.